The molecule has 0 spiro atoms. The van der Waals surface area contributed by atoms with Gasteiger partial charge in [0.1, 0.15) is 11.6 Å². The second-order valence-corrected chi connectivity index (χ2v) is 4.50. The van der Waals surface area contributed by atoms with Crippen molar-refractivity contribution in [2.75, 3.05) is 5.32 Å². The molecule has 0 unspecified atom stereocenters. The fourth-order valence-electron chi connectivity index (χ4n) is 1.07. The smallest absolute Gasteiger partial charge is 0.286 e. The van der Waals surface area contributed by atoms with Gasteiger partial charge in [-0.1, -0.05) is 11.3 Å². The van der Waals surface area contributed by atoms with Gasteiger partial charge in [0.25, 0.3) is 5.91 Å². The van der Waals surface area contributed by atoms with Crippen molar-refractivity contribution in [1.82, 2.24) is 10.2 Å². The molecule has 4 nitrogen and oxygen atoms in total. The van der Waals surface area contributed by atoms with Crippen molar-refractivity contribution in [1.29, 1.82) is 0 Å². The molecule has 0 saturated carbocycles. The molecule has 0 aliphatic rings. The van der Waals surface area contributed by atoms with Crippen molar-refractivity contribution >= 4 is 34.5 Å². The summed E-state index contributed by atoms with van der Waals surface area (Å²) in [5.41, 5.74) is -0.263. The van der Waals surface area contributed by atoms with E-state index in [-0.39, 0.29) is 15.2 Å². The van der Waals surface area contributed by atoms with Crippen LogP contribution in [-0.4, -0.2) is 16.1 Å². The van der Waals surface area contributed by atoms with E-state index >= 15 is 0 Å². The highest BCUT2D eigenvalue weighted by Gasteiger charge is 2.14. The molecule has 1 heterocycles. The molecular weight excluding hydrogens is 272 g/mol. The Morgan fingerprint density at radius 3 is 2.76 bits per heavy atom. The third-order valence-corrected chi connectivity index (χ3v) is 2.79. The minimum Gasteiger partial charge on any atom is -0.317 e. The molecule has 0 radical (unpaired) electrons. The topological polar surface area (TPSA) is 54.9 Å². The standard InChI is InChI=1S/C9H4ClF2N3OS/c10-9-15-14-8(17-9)7(16)13-6-3-4(11)1-2-5(6)12/h1-3H,(H,13,16). The van der Waals surface area contributed by atoms with Gasteiger partial charge < -0.3 is 5.32 Å². The van der Waals surface area contributed by atoms with Crippen LogP contribution in [0.2, 0.25) is 4.47 Å². The molecule has 2 rings (SSSR count). The summed E-state index contributed by atoms with van der Waals surface area (Å²) in [6, 6.07) is 2.74. The van der Waals surface area contributed by atoms with Gasteiger partial charge in [-0.3, -0.25) is 4.79 Å². The first-order valence-corrected chi connectivity index (χ1v) is 5.51. The van der Waals surface area contributed by atoms with Gasteiger partial charge >= 0.3 is 0 Å². The zero-order valence-electron chi connectivity index (χ0n) is 8.08. The van der Waals surface area contributed by atoms with Gasteiger partial charge in [0.2, 0.25) is 9.47 Å². The third-order valence-electron chi connectivity index (χ3n) is 1.77. The summed E-state index contributed by atoms with van der Waals surface area (Å²) in [6.07, 6.45) is 0. The summed E-state index contributed by atoms with van der Waals surface area (Å²) >= 11 is 6.33. The molecule has 1 N–H and O–H groups in total. The monoisotopic (exact) mass is 275 g/mol. The van der Waals surface area contributed by atoms with Crippen LogP contribution < -0.4 is 5.32 Å². The van der Waals surface area contributed by atoms with E-state index in [1.807, 2.05) is 0 Å². The molecular formula is C9H4ClF2N3OS. The second kappa shape index (κ2) is 4.72. The zero-order chi connectivity index (χ0) is 12.4. The molecule has 0 atom stereocenters. The Hall–Kier alpha value is -1.60. The molecule has 0 aliphatic heterocycles. The van der Waals surface area contributed by atoms with Crippen molar-refractivity contribution < 1.29 is 13.6 Å². The molecule has 1 aromatic carbocycles. The van der Waals surface area contributed by atoms with Crippen LogP contribution in [-0.2, 0) is 0 Å². The van der Waals surface area contributed by atoms with Gasteiger partial charge in [-0.15, -0.1) is 10.2 Å². The summed E-state index contributed by atoms with van der Waals surface area (Å²) in [5.74, 6) is -2.09. The second-order valence-electron chi connectivity index (χ2n) is 2.94. The molecule has 17 heavy (non-hydrogen) atoms. The quantitative estimate of drug-likeness (QED) is 0.917. The summed E-state index contributed by atoms with van der Waals surface area (Å²) in [5, 5.41) is 9.04. The van der Waals surface area contributed by atoms with E-state index in [4.69, 9.17) is 11.6 Å². The van der Waals surface area contributed by atoms with Crippen LogP contribution in [0.15, 0.2) is 18.2 Å². The van der Waals surface area contributed by atoms with Crippen LogP contribution in [0.3, 0.4) is 0 Å². The molecule has 0 fully saturated rings. The maximum atomic E-state index is 13.2. The Bertz CT molecular complexity index is 575. The van der Waals surface area contributed by atoms with Gasteiger partial charge in [0, 0.05) is 6.07 Å². The number of hydrogen-bond donors (Lipinski definition) is 1. The normalized spacial score (nSPS) is 10.3. The lowest BCUT2D eigenvalue weighted by molar-refractivity contribution is 0.102. The fraction of sp³-hybridized carbons (Fsp3) is 0. The lowest BCUT2D eigenvalue weighted by Crippen LogP contribution is -2.13. The largest absolute Gasteiger partial charge is 0.317 e. The maximum Gasteiger partial charge on any atom is 0.286 e. The molecule has 2 aromatic rings. The SMILES string of the molecule is O=C(Nc1cc(F)ccc1F)c1nnc(Cl)s1. The number of benzene rings is 1. The average molecular weight is 276 g/mol. The highest BCUT2D eigenvalue weighted by molar-refractivity contribution is 7.17. The first kappa shape index (κ1) is 11.9. The van der Waals surface area contributed by atoms with Crippen LogP contribution >= 0.6 is 22.9 Å². The molecule has 0 bridgehead atoms. The summed E-state index contributed by atoms with van der Waals surface area (Å²) in [6.45, 7) is 0. The third kappa shape index (κ3) is 2.75. The number of carbonyl (C=O) groups is 1. The van der Waals surface area contributed by atoms with Crippen molar-refractivity contribution in [3.05, 3.63) is 39.3 Å². The van der Waals surface area contributed by atoms with Gasteiger partial charge in [-0.2, -0.15) is 0 Å². The fourth-order valence-corrected chi connectivity index (χ4v) is 1.79. The Kier molecular flexibility index (Phi) is 3.30. The Morgan fingerprint density at radius 2 is 2.12 bits per heavy atom. The van der Waals surface area contributed by atoms with Crippen molar-refractivity contribution in [3.8, 4) is 0 Å². The Balaban J connectivity index is 2.21. The van der Waals surface area contributed by atoms with E-state index in [2.05, 4.69) is 15.5 Å². The number of amides is 1. The molecule has 8 heteroatoms. The number of nitrogens with zero attached hydrogens (tertiary/aromatic N) is 2. The van der Waals surface area contributed by atoms with E-state index in [1.165, 1.54) is 0 Å². The van der Waals surface area contributed by atoms with E-state index in [0.29, 0.717) is 0 Å². The summed E-state index contributed by atoms with van der Waals surface area (Å²) in [4.78, 5) is 11.5. The number of halogens is 3. The van der Waals surface area contributed by atoms with Crippen LogP contribution in [0.1, 0.15) is 9.80 Å². The maximum absolute atomic E-state index is 13.2. The molecule has 1 aromatic heterocycles. The molecule has 0 saturated heterocycles. The number of carbonyl (C=O) groups excluding carboxylic acids is 1. The van der Waals surface area contributed by atoms with Crippen LogP contribution in [0.25, 0.3) is 0 Å². The minimum atomic E-state index is -0.740. The van der Waals surface area contributed by atoms with E-state index in [9.17, 15) is 13.6 Å². The van der Waals surface area contributed by atoms with E-state index < -0.39 is 17.5 Å². The van der Waals surface area contributed by atoms with Crippen LogP contribution in [0.4, 0.5) is 14.5 Å². The van der Waals surface area contributed by atoms with Crippen molar-refractivity contribution in [3.63, 3.8) is 0 Å². The summed E-state index contributed by atoms with van der Waals surface area (Å²) in [7, 11) is 0. The molecule has 1 amide bonds. The predicted octanol–water partition coefficient (Wildman–Crippen LogP) is 2.72. The Morgan fingerprint density at radius 1 is 1.35 bits per heavy atom. The van der Waals surface area contributed by atoms with Gasteiger partial charge in [-0.25, -0.2) is 8.78 Å². The van der Waals surface area contributed by atoms with Gasteiger partial charge in [0.05, 0.1) is 5.69 Å². The number of nitrogens with one attached hydrogen (secondary N) is 1. The highest BCUT2D eigenvalue weighted by atomic mass is 35.5. The highest BCUT2D eigenvalue weighted by Crippen LogP contribution is 2.19. The summed E-state index contributed by atoms with van der Waals surface area (Å²) < 4.78 is 26.1. The van der Waals surface area contributed by atoms with Crippen molar-refractivity contribution in [2.45, 2.75) is 0 Å². The number of anilines is 1. The lowest BCUT2D eigenvalue weighted by Gasteiger charge is -2.03. The molecule has 88 valence electrons. The van der Waals surface area contributed by atoms with Crippen LogP contribution in [0.5, 0.6) is 0 Å². The first-order chi connectivity index (χ1) is 8.06. The van der Waals surface area contributed by atoms with Crippen molar-refractivity contribution in [2.24, 2.45) is 0 Å². The first-order valence-electron chi connectivity index (χ1n) is 4.31. The van der Waals surface area contributed by atoms with Crippen LogP contribution in [0, 0.1) is 11.6 Å². The van der Waals surface area contributed by atoms with E-state index in [1.54, 1.807) is 0 Å². The average Bonchev–Trinajstić information content (AvgIpc) is 2.70. The van der Waals surface area contributed by atoms with Gasteiger partial charge in [0.15, 0.2) is 0 Å². The van der Waals surface area contributed by atoms with E-state index in [0.717, 1.165) is 29.5 Å². The number of rotatable bonds is 2. The number of hydrogen-bond acceptors (Lipinski definition) is 4. The van der Waals surface area contributed by atoms with Gasteiger partial charge in [-0.05, 0) is 23.7 Å². The zero-order valence-corrected chi connectivity index (χ0v) is 9.65. The lowest BCUT2D eigenvalue weighted by atomic mass is 10.3. The predicted molar refractivity (Wildman–Crippen MR) is 59.2 cm³/mol. The number of aromatic nitrogens is 2. The Labute approximate surface area is 103 Å². The minimum absolute atomic E-state index is 0.0290. The molecule has 0 aliphatic carbocycles.